The topological polar surface area (TPSA) is 253 Å². The zero-order valence-electron chi connectivity index (χ0n) is 13.8. The van der Waals surface area contributed by atoms with Crippen LogP contribution in [-0.4, -0.2) is 64.1 Å². The summed E-state index contributed by atoms with van der Waals surface area (Å²) in [4.78, 5) is 15.8. The normalized spacial score (nSPS) is 14.3. The van der Waals surface area contributed by atoms with E-state index in [0.29, 0.717) is 5.71 Å². The van der Waals surface area contributed by atoms with E-state index < -0.39 is 31.2 Å². The molecule has 0 amide bonds. The van der Waals surface area contributed by atoms with E-state index in [1.165, 1.54) is 0 Å². The van der Waals surface area contributed by atoms with Crippen LogP contribution in [0.2, 0.25) is 0 Å². The molecule has 0 aromatic heterocycles. The Kier molecular flexibility index (Phi) is 9.59. The van der Waals surface area contributed by atoms with E-state index in [0.717, 1.165) is 16.8 Å². The van der Waals surface area contributed by atoms with Crippen LogP contribution in [-0.2, 0) is 36.0 Å². The summed E-state index contributed by atoms with van der Waals surface area (Å²) in [6.45, 7) is 0. The fourth-order valence-electron chi connectivity index (χ4n) is 1.77. The third-order valence-corrected chi connectivity index (χ3v) is 2.43. The molecule has 1 aromatic rings. The maximum atomic E-state index is 11.5. The summed E-state index contributed by atoms with van der Waals surface area (Å²) >= 11 is 0. The first-order valence-electron chi connectivity index (χ1n) is 6.57. The van der Waals surface area contributed by atoms with Crippen molar-refractivity contribution in [1.29, 1.82) is 0 Å². The third kappa shape index (κ3) is 15.3. The van der Waals surface area contributed by atoms with E-state index in [1.807, 2.05) is 30.3 Å². The molecule has 3 rings (SSSR count). The van der Waals surface area contributed by atoms with Crippen LogP contribution in [0.1, 0.15) is 5.56 Å². The lowest BCUT2D eigenvalue weighted by molar-refractivity contribution is -0.108. The Morgan fingerprint density at radius 3 is 1.59 bits per heavy atom. The number of rotatable bonds is 0. The first kappa shape index (κ1) is 26.6. The molecule has 1 aliphatic carbocycles. The zero-order valence-corrected chi connectivity index (χ0v) is 16.2. The molecule has 0 spiro atoms. The molecule has 6 N–H and O–H groups in total. The number of aliphatic imine (C=N–C) groups is 1. The van der Waals surface area contributed by atoms with Crippen LogP contribution in [0.4, 0.5) is 5.69 Å². The van der Waals surface area contributed by atoms with E-state index in [2.05, 4.69) is 4.99 Å². The zero-order chi connectivity index (χ0) is 23.0. The number of hydrogen-bond acceptors (Lipinski definition) is 8. The second-order valence-electron chi connectivity index (χ2n) is 4.62. The van der Waals surface area contributed by atoms with Crippen molar-refractivity contribution in [3.05, 3.63) is 48.1 Å². The lowest BCUT2D eigenvalue weighted by atomic mass is 9.97. The number of carbonyl (C=O) groups excluding carboxylic acids is 1. The molecule has 17 heteroatoms. The van der Waals surface area contributed by atoms with Crippen LogP contribution in [0.5, 0.6) is 0 Å². The molecule has 0 bridgehead atoms. The smallest absolute Gasteiger partial charge is 0.288 e. The Hall–Kier alpha value is -2.35. The van der Waals surface area contributed by atoms with Crippen LogP contribution < -0.4 is 0 Å². The summed E-state index contributed by atoms with van der Waals surface area (Å²) < 4.78 is 94.8. The Balaban J connectivity index is 0.000000439. The van der Waals surface area contributed by atoms with E-state index >= 15 is 0 Å². The van der Waals surface area contributed by atoms with Crippen molar-refractivity contribution in [2.45, 2.75) is 0 Å². The van der Waals surface area contributed by atoms with Gasteiger partial charge in [-0.1, -0.05) is 30.4 Å². The Morgan fingerprint density at radius 2 is 1.14 bits per heavy atom. The predicted molar refractivity (Wildman–Crippen MR) is 98.2 cm³/mol. The Labute approximate surface area is 164 Å². The molecule has 2 aliphatic rings. The Bertz CT molecular complexity index is 1060. The van der Waals surface area contributed by atoms with Crippen molar-refractivity contribution in [2.75, 3.05) is 0 Å². The van der Waals surface area contributed by atoms with Crippen molar-refractivity contribution in [2.24, 2.45) is 4.99 Å². The van der Waals surface area contributed by atoms with Crippen LogP contribution in [0.3, 0.4) is 0 Å². The van der Waals surface area contributed by atoms with Gasteiger partial charge in [0.1, 0.15) is 5.71 Å². The quantitative estimate of drug-likeness (QED) is 0.219. The molecule has 0 fully saturated rings. The van der Waals surface area contributed by atoms with Crippen molar-refractivity contribution in [3.63, 3.8) is 0 Å². The van der Waals surface area contributed by atoms with Gasteiger partial charge in [-0.3, -0.25) is 32.1 Å². The van der Waals surface area contributed by atoms with Gasteiger partial charge in [0.25, 0.3) is 0 Å². The number of benzene rings is 1. The lowest BCUT2D eigenvalue weighted by Gasteiger charge is -2.03. The molecule has 1 heterocycles. The summed E-state index contributed by atoms with van der Waals surface area (Å²) in [5.74, 6) is -0.00120. The first-order valence-corrected chi connectivity index (χ1v) is 10.8. The van der Waals surface area contributed by atoms with Gasteiger partial charge in [0.2, 0.25) is 5.78 Å². The highest BCUT2D eigenvalue weighted by atomic mass is 32.3. The van der Waals surface area contributed by atoms with E-state index in [4.69, 9.17) is 52.6 Å². The fraction of sp³-hybridized carbons (Fsp3) is 0. The molecule has 1 aromatic carbocycles. The minimum atomic E-state index is -4.67. The largest absolute Gasteiger partial charge is 0.394 e. The average Bonchev–Trinajstić information content (AvgIpc) is 2.82. The second-order valence-corrected chi connectivity index (χ2v) is 7.31. The van der Waals surface area contributed by atoms with Gasteiger partial charge >= 0.3 is 31.2 Å². The lowest BCUT2D eigenvalue weighted by Crippen LogP contribution is -2.12. The van der Waals surface area contributed by atoms with Gasteiger partial charge in [-0.15, -0.1) is 0 Å². The van der Waals surface area contributed by atoms with Crippen LogP contribution in [0.15, 0.2) is 47.5 Å². The van der Waals surface area contributed by atoms with Crippen molar-refractivity contribution in [1.82, 2.24) is 0 Å². The summed E-state index contributed by atoms with van der Waals surface area (Å²) in [5, 5.41) is 0. The second kappa shape index (κ2) is 10.4. The highest BCUT2D eigenvalue weighted by Crippen LogP contribution is 2.35. The van der Waals surface area contributed by atoms with Crippen LogP contribution >= 0.6 is 0 Å². The molecule has 162 valence electrons. The number of hydrogen-bond donors (Lipinski definition) is 6. The third-order valence-electron chi connectivity index (χ3n) is 2.43. The number of fused-ring (bicyclic) bond motifs is 3. The standard InChI is InChI=1S/C12H7NO.3H2O4S/c14-11-7-3-5-9-8-4-1-2-6-10(8)13-12(9)11;3*1-5(2,3)4/h1-7H;3*(H2,1,2,3,4). The number of allylic oxidation sites excluding steroid dienone is 4. The minimum Gasteiger partial charge on any atom is -0.288 e. The van der Waals surface area contributed by atoms with Gasteiger partial charge in [-0.25, -0.2) is 4.99 Å². The van der Waals surface area contributed by atoms with Crippen molar-refractivity contribution < 1.29 is 57.4 Å². The van der Waals surface area contributed by atoms with Gasteiger partial charge in [0.15, 0.2) is 0 Å². The number of carbonyl (C=O) groups is 1. The summed E-state index contributed by atoms with van der Waals surface area (Å²) in [6, 6.07) is 7.80. The minimum absolute atomic E-state index is 0.00120. The predicted octanol–water partition coefficient (Wildman–Crippen LogP) is 0.337. The molecular formula is C12H13NO13S3. The highest BCUT2D eigenvalue weighted by Gasteiger charge is 2.25. The van der Waals surface area contributed by atoms with Gasteiger partial charge in [0, 0.05) is 11.1 Å². The maximum Gasteiger partial charge on any atom is 0.394 e. The number of ketones is 1. The molecule has 0 unspecified atom stereocenters. The van der Waals surface area contributed by atoms with Gasteiger partial charge in [-0.2, -0.15) is 25.3 Å². The van der Waals surface area contributed by atoms with Crippen LogP contribution in [0, 0.1) is 0 Å². The van der Waals surface area contributed by atoms with Gasteiger partial charge in [0.05, 0.1) is 5.69 Å². The summed E-state index contributed by atoms with van der Waals surface area (Å²) in [5.41, 5.74) is 3.48. The van der Waals surface area contributed by atoms with Gasteiger partial charge in [-0.05, 0) is 12.1 Å². The van der Waals surface area contributed by atoms with Crippen molar-refractivity contribution >= 4 is 54.0 Å². The van der Waals surface area contributed by atoms with Crippen molar-refractivity contribution in [3.8, 4) is 0 Å². The molecule has 0 saturated carbocycles. The van der Waals surface area contributed by atoms with E-state index in [-0.39, 0.29) is 5.78 Å². The average molecular weight is 475 g/mol. The molecule has 14 nitrogen and oxygen atoms in total. The monoisotopic (exact) mass is 475 g/mol. The molecular weight excluding hydrogens is 462 g/mol. The first-order chi connectivity index (χ1) is 12.9. The van der Waals surface area contributed by atoms with E-state index in [1.54, 1.807) is 12.2 Å². The highest BCUT2D eigenvalue weighted by molar-refractivity contribution is 7.80. The molecule has 0 atom stereocenters. The maximum absolute atomic E-state index is 11.5. The van der Waals surface area contributed by atoms with Gasteiger partial charge < -0.3 is 0 Å². The molecule has 1 aliphatic heterocycles. The molecule has 0 saturated heterocycles. The Morgan fingerprint density at radius 1 is 0.724 bits per heavy atom. The summed E-state index contributed by atoms with van der Waals surface area (Å²) in [6.07, 6.45) is 5.26. The van der Waals surface area contributed by atoms with Crippen LogP contribution in [0.25, 0.3) is 5.57 Å². The molecule has 29 heavy (non-hydrogen) atoms. The fourth-order valence-corrected chi connectivity index (χ4v) is 1.77. The molecule has 0 radical (unpaired) electrons. The SMILES string of the molecule is O=C1C=CC=C2C1=Nc1ccccc12.O=S(=O)(O)O.O=S(=O)(O)O.O=S(=O)(O)O. The number of nitrogens with zero attached hydrogens (tertiary/aromatic N) is 1. The summed E-state index contributed by atoms with van der Waals surface area (Å²) in [7, 11) is -14.0. The number of para-hydroxylation sites is 1. The van der Waals surface area contributed by atoms with E-state index in [9.17, 15) is 4.79 Å².